The van der Waals surface area contributed by atoms with Crippen LogP contribution in [0.15, 0.2) is 23.1 Å². The lowest BCUT2D eigenvalue weighted by atomic mass is 9.95. The molecular formula is C15H21ClN2O2S. The van der Waals surface area contributed by atoms with Crippen LogP contribution in [0.1, 0.15) is 44.9 Å². The number of nitrogens with zero attached hydrogens (tertiary/aromatic N) is 1. The van der Waals surface area contributed by atoms with Gasteiger partial charge in [0.2, 0.25) is 10.0 Å². The fourth-order valence-electron chi connectivity index (χ4n) is 3.33. The van der Waals surface area contributed by atoms with Crippen molar-refractivity contribution in [2.45, 2.75) is 55.9 Å². The Labute approximate surface area is 131 Å². The Morgan fingerprint density at radius 3 is 2.48 bits per heavy atom. The number of halogens is 1. The minimum Gasteiger partial charge on any atom is -0.354 e. The van der Waals surface area contributed by atoms with Crippen molar-refractivity contribution in [3.05, 3.63) is 23.2 Å². The van der Waals surface area contributed by atoms with Crippen molar-refractivity contribution in [2.24, 2.45) is 0 Å². The van der Waals surface area contributed by atoms with E-state index in [1.165, 1.54) is 32.1 Å². The van der Waals surface area contributed by atoms with Crippen LogP contribution in [0, 0.1) is 0 Å². The van der Waals surface area contributed by atoms with Gasteiger partial charge in [0.15, 0.2) is 0 Å². The number of rotatable bonds is 1. The number of hydrogen-bond donors (Lipinski definition) is 1. The first-order chi connectivity index (χ1) is 10.1. The molecule has 1 aliphatic carbocycles. The van der Waals surface area contributed by atoms with Crippen molar-refractivity contribution in [3.8, 4) is 0 Å². The highest BCUT2D eigenvalue weighted by molar-refractivity contribution is 7.89. The second-order valence-electron chi connectivity index (χ2n) is 5.89. The lowest BCUT2D eigenvalue weighted by Crippen LogP contribution is -2.48. The van der Waals surface area contributed by atoms with Crippen molar-refractivity contribution in [3.63, 3.8) is 0 Å². The molecule has 1 N–H and O–H groups in total. The molecule has 1 aromatic rings. The fraction of sp³-hybridized carbons (Fsp3) is 0.600. The Kier molecular flexibility index (Phi) is 4.43. The molecule has 0 atom stereocenters. The molecule has 0 unspecified atom stereocenters. The van der Waals surface area contributed by atoms with Gasteiger partial charge in [-0.25, -0.2) is 8.42 Å². The van der Waals surface area contributed by atoms with Gasteiger partial charge in [-0.3, -0.25) is 0 Å². The van der Waals surface area contributed by atoms with Crippen molar-refractivity contribution < 1.29 is 8.42 Å². The molecule has 1 aliphatic heterocycles. The second-order valence-corrected chi connectivity index (χ2v) is 8.06. The zero-order valence-corrected chi connectivity index (χ0v) is 13.6. The van der Waals surface area contributed by atoms with Gasteiger partial charge >= 0.3 is 0 Å². The predicted molar refractivity (Wildman–Crippen MR) is 85.2 cm³/mol. The summed E-state index contributed by atoms with van der Waals surface area (Å²) in [6, 6.07) is 5.43. The third kappa shape index (κ3) is 3.20. The molecule has 0 bridgehead atoms. The van der Waals surface area contributed by atoms with E-state index in [4.69, 9.17) is 11.6 Å². The van der Waals surface area contributed by atoms with E-state index in [9.17, 15) is 8.42 Å². The van der Waals surface area contributed by atoms with Crippen molar-refractivity contribution in [1.29, 1.82) is 0 Å². The highest BCUT2D eigenvalue weighted by Crippen LogP contribution is 2.35. The van der Waals surface area contributed by atoms with Gasteiger partial charge in [-0.2, -0.15) is 4.72 Å². The zero-order valence-electron chi connectivity index (χ0n) is 12.0. The molecule has 2 aliphatic rings. The molecule has 0 radical (unpaired) electrons. The highest BCUT2D eigenvalue weighted by Gasteiger charge is 2.31. The Morgan fingerprint density at radius 2 is 1.76 bits per heavy atom. The largest absolute Gasteiger partial charge is 0.354 e. The molecule has 0 saturated heterocycles. The molecule has 0 spiro atoms. The van der Waals surface area contributed by atoms with Gasteiger partial charge < -0.3 is 4.90 Å². The maximum Gasteiger partial charge on any atom is 0.244 e. The molecule has 21 heavy (non-hydrogen) atoms. The standard InChI is InChI=1S/C15H21ClN2O2S/c16-12-8-9-15-14(10-12)18(11-17-21(15,19)20)13-6-4-2-1-3-5-7-13/h8-10,13,17H,1-7,11H2. The van der Waals surface area contributed by atoms with E-state index in [1.807, 2.05) is 0 Å². The Morgan fingerprint density at radius 1 is 1.10 bits per heavy atom. The van der Waals surface area contributed by atoms with Gasteiger partial charge in [0.1, 0.15) is 4.90 Å². The van der Waals surface area contributed by atoms with E-state index in [2.05, 4.69) is 9.62 Å². The summed E-state index contributed by atoms with van der Waals surface area (Å²) in [7, 11) is -3.40. The van der Waals surface area contributed by atoms with Crippen molar-refractivity contribution >= 4 is 27.3 Å². The first-order valence-electron chi connectivity index (χ1n) is 7.64. The summed E-state index contributed by atoms with van der Waals surface area (Å²) in [5.74, 6) is 0. The van der Waals surface area contributed by atoms with E-state index in [0.29, 0.717) is 22.6 Å². The molecule has 116 valence electrons. The zero-order chi connectivity index (χ0) is 14.9. The summed E-state index contributed by atoms with van der Waals surface area (Å²) in [6.07, 6.45) is 8.54. The molecular weight excluding hydrogens is 308 g/mol. The smallest absolute Gasteiger partial charge is 0.244 e. The summed E-state index contributed by atoms with van der Waals surface area (Å²) in [6.45, 7) is 0.348. The Balaban J connectivity index is 1.95. The van der Waals surface area contributed by atoms with Crippen LogP contribution in [-0.4, -0.2) is 21.1 Å². The monoisotopic (exact) mass is 328 g/mol. The number of hydrogen-bond acceptors (Lipinski definition) is 3. The fourth-order valence-corrected chi connectivity index (χ4v) is 4.66. The number of nitrogens with one attached hydrogen (secondary N) is 1. The van der Waals surface area contributed by atoms with Crippen LogP contribution < -0.4 is 9.62 Å². The van der Waals surface area contributed by atoms with E-state index in [-0.39, 0.29) is 0 Å². The third-order valence-corrected chi connectivity index (χ3v) is 6.13. The molecule has 1 saturated carbocycles. The maximum atomic E-state index is 12.2. The topological polar surface area (TPSA) is 49.4 Å². The van der Waals surface area contributed by atoms with E-state index >= 15 is 0 Å². The normalized spacial score (nSPS) is 23.2. The summed E-state index contributed by atoms with van der Waals surface area (Å²) in [5, 5.41) is 0.585. The summed E-state index contributed by atoms with van der Waals surface area (Å²) in [5.41, 5.74) is 0.756. The molecule has 0 amide bonds. The van der Waals surface area contributed by atoms with Gasteiger partial charge in [-0.15, -0.1) is 0 Å². The van der Waals surface area contributed by atoms with Crippen LogP contribution in [-0.2, 0) is 10.0 Å². The van der Waals surface area contributed by atoms with Gasteiger partial charge in [0.25, 0.3) is 0 Å². The van der Waals surface area contributed by atoms with Gasteiger partial charge in [0, 0.05) is 11.1 Å². The summed E-state index contributed by atoms with van der Waals surface area (Å²) >= 11 is 6.09. The molecule has 1 heterocycles. The lowest BCUT2D eigenvalue weighted by molar-refractivity contribution is 0.422. The molecule has 0 aromatic heterocycles. The van der Waals surface area contributed by atoms with E-state index in [0.717, 1.165) is 18.5 Å². The van der Waals surface area contributed by atoms with E-state index < -0.39 is 10.0 Å². The van der Waals surface area contributed by atoms with E-state index in [1.54, 1.807) is 18.2 Å². The molecule has 1 fully saturated rings. The van der Waals surface area contributed by atoms with Crippen LogP contribution >= 0.6 is 11.6 Å². The minimum absolute atomic E-state index is 0.347. The van der Waals surface area contributed by atoms with Crippen molar-refractivity contribution in [1.82, 2.24) is 4.72 Å². The molecule has 3 rings (SSSR count). The SMILES string of the molecule is O=S1(=O)NCN(C2CCCCCCC2)c2cc(Cl)ccc21. The van der Waals surface area contributed by atoms with Crippen molar-refractivity contribution in [2.75, 3.05) is 11.6 Å². The number of benzene rings is 1. The number of sulfonamides is 1. The minimum atomic E-state index is -3.40. The predicted octanol–water partition coefficient (Wildman–Crippen LogP) is 3.51. The highest BCUT2D eigenvalue weighted by atomic mass is 35.5. The molecule has 1 aromatic carbocycles. The Hall–Kier alpha value is -0.780. The van der Waals surface area contributed by atoms with Gasteiger partial charge in [-0.1, -0.05) is 43.7 Å². The van der Waals surface area contributed by atoms with Gasteiger partial charge in [-0.05, 0) is 31.0 Å². The third-order valence-electron chi connectivity index (χ3n) is 4.46. The average Bonchev–Trinajstić information content (AvgIpc) is 2.39. The second kappa shape index (κ2) is 6.15. The number of anilines is 1. The average molecular weight is 329 g/mol. The van der Waals surface area contributed by atoms with Crippen LogP contribution in [0.25, 0.3) is 0 Å². The molecule has 6 heteroatoms. The van der Waals surface area contributed by atoms with Gasteiger partial charge in [0.05, 0.1) is 12.4 Å². The lowest BCUT2D eigenvalue weighted by Gasteiger charge is -2.38. The first kappa shape index (κ1) is 15.1. The Bertz CT molecular complexity index is 610. The summed E-state index contributed by atoms with van der Waals surface area (Å²) < 4.78 is 27.0. The van der Waals surface area contributed by atoms with Crippen LogP contribution in [0.5, 0.6) is 0 Å². The quantitative estimate of drug-likeness (QED) is 0.858. The maximum absolute atomic E-state index is 12.2. The molecule has 4 nitrogen and oxygen atoms in total. The van der Waals surface area contributed by atoms with Crippen LogP contribution in [0.2, 0.25) is 5.02 Å². The number of fused-ring (bicyclic) bond motifs is 1. The van der Waals surface area contributed by atoms with Crippen LogP contribution in [0.3, 0.4) is 0 Å². The summed E-state index contributed by atoms with van der Waals surface area (Å²) in [4.78, 5) is 2.54. The van der Waals surface area contributed by atoms with Crippen LogP contribution in [0.4, 0.5) is 5.69 Å². The first-order valence-corrected chi connectivity index (χ1v) is 9.50.